The molecule has 0 amide bonds. The van der Waals surface area contributed by atoms with Crippen LogP contribution in [0.1, 0.15) is 32.6 Å². The summed E-state index contributed by atoms with van der Waals surface area (Å²) in [5.74, 6) is -0.921. The lowest BCUT2D eigenvalue weighted by Gasteiger charge is -2.16. The van der Waals surface area contributed by atoms with Crippen molar-refractivity contribution in [2.75, 3.05) is 5.32 Å². The molecular formula is C17H19NO2. The van der Waals surface area contributed by atoms with E-state index >= 15 is 0 Å². The van der Waals surface area contributed by atoms with Gasteiger partial charge in [0.05, 0.1) is 11.3 Å². The van der Waals surface area contributed by atoms with E-state index in [1.165, 1.54) is 5.56 Å². The smallest absolute Gasteiger partial charge is 0.337 e. The highest BCUT2D eigenvalue weighted by atomic mass is 16.4. The fourth-order valence-corrected chi connectivity index (χ4v) is 2.46. The van der Waals surface area contributed by atoms with Crippen LogP contribution in [0.5, 0.6) is 0 Å². The fraction of sp³-hybridized carbons (Fsp3) is 0.235. The van der Waals surface area contributed by atoms with Gasteiger partial charge in [0.2, 0.25) is 0 Å². The van der Waals surface area contributed by atoms with Crippen molar-refractivity contribution in [1.82, 2.24) is 0 Å². The Kier molecular flexibility index (Phi) is 3.79. The van der Waals surface area contributed by atoms with Crippen LogP contribution in [0.25, 0.3) is 0 Å². The number of benzene rings is 2. The predicted octanol–water partition coefficient (Wildman–Crippen LogP) is 4.36. The Morgan fingerprint density at radius 3 is 2.10 bits per heavy atom. The molecule has 2 N–H and O–H groups in total. The van der Waals surface area contributed by atoms with Crippen molar-refractivity contribution in [3.05, 3.63) is 58.1 Å². The van der Waals surface area contributed by atoms with Gasteiger partial charge >= 0.3 is 5.97 Å². The summed E-state index contributed by atoms with van der Waals surface area (Å²) in [4.78, 5) is 11.3. The summed E-state index contributed by atoms with van der Waals surface area (Å²) in [5.41, 5.74) is 6.35. The van der Waals surface area contributed by atoms with Gasteiger partial charge in [-0.05, 0) is 56.5 Å². The number of carbonyl (C=O) groups is 1. The molecule has 0 saturated carbocycles. The molecule has 0 unspecified atom stereocenters. The molecule has 104 valence electrons. The second kappa shape index (κ2) is 5.37. The van der Waals surface area contributed by atoms with Crippen LogP contribution in [-0.2, 0) is 0 Å². The zero-order valence-corrected chi connectivity index (χ0v) is 12.2. The second-order valence-electron chi connectivity index (χ2n) is 5.25. The van der Waals surface area contributed by atoms with Gasteiger partial charge in [-0.1, -0.05) is 23.8 Å². The van der Waals surface area contributed by atoms with Crippen molar-refractivity contribution in [1.29, 1.82) is 0 Å². The topological polar surface area (TPSA) is 49.3 Å². The first kappa shape index (κ1) is 14.1. The third-order valence-electron chi connectivity index (χ3n) is 3.34. The first-order valence-electron chi connectivity index (χ1n) is 6.57. The molecule has 2 aromatic rings. The Bertz CT molecular complexity index is 652. The minimum Gasteiger partial charge on any atom is -0.478 e. The van der Waals surface area contributed by atoms with Crippen LogP contribution < -0.4 is 5.32 Å². The van der Waals surface area contributed by atoms with E-state index in [1.807, 2.05) is 32.9 Å². The van der Waals surface area contributed by atoms with Gasteiger partial charge in [-0.2, -0.15) is 0 Å². The summed E-state index contributed by atoms with van der Waals surface area (Å²) >= 11 is 0. The molecule has 0 atom stereocenters. The lowest BCUT2D eigenvalue weighted by Crippen LogP contribution is -2.05. The van der Waals surface area contributed by atoms with Crippen molar-refractivity contribution in [2.24, 2.45) is 0 Å². The van der Waals surface area contributed by atoms with E-state index in [1.54, 1.807) is 6.07 Å². The lowest BCUT2D eigenvalue weighted by molar-refractivity contribution is 0.0698. The molecule has 20 heavy (non-hydrogen) atoms. The highest BCUT2D eigenvalue weighted by Gasteiger charge is 2.12. The number of carboxylic acid groups (broad SMARTS) is 1. The number of carboxylic acids is 1. The first-order valence-corrected chi connectivity index (χ1v) is 6.57. The maximum atomic E-state index is 11.3. The zero-order chi connectivity index (χ0) is 14.9. The van der Waals surface area contributed by atoms with E-state index in [9.17, 15) is 9.90 Å². The number of aryl methyl sites for hydroxylation is 4. The number of nitrogens with one attached hydrogen (secondary N) is 1. The van der Waals surface area contributed by atoms with Crippen LogP contribution in [0.4, 0.5) is 11.4 Å². The van der Waals surface area contributed by atoms with Crippen molar-refractivity contribution >= 4 is 17.3 Å². The van der Waals surface area contributed by atoms with Crippen LogP contribution in [0.3, 0.4) is 0 Å². The molecule has 0 bridgehead atoms. The van der Waals surface area contributed by atoms with E-state index in [4.69, 9.17) is 0 Å². The van der Waals surface area contributed by atoms with E-state index in [0.717, 1.165) is 22.4 Å². The maximum Gasteiger partial charge on any atom is 0.337 e. The van der Waals surface area contributed by atoms with Gasteiger partial charge < -0.3 is 10.4 Å². The van der Waals surface area contributed by atoms with Gasteiger partial charge in [0, 0.05) is 5.69 Å². The Morgan fingerprint density at radius 1 is 0.950 bits per heavy atom. The molecule has 0 radical (unpaired) electrons. The molecule has 0 aromatic heterocycles. The number of hydrogen-bond donors (Lipinski definition) is 2. The highest BCUT2D eigenvalue weighted by Crippen LogP contribution is 2.28. The standard InChI is InChI=1S/C17H19NO2/c1-10-5-6-14(17(19)20)15(9-10)18-16-12(3)7-11(2)8-13(16)4/h5-9,18H,1-4H3,(H,19,20). The molecule has 0 heterocycles. The third kappa shape index (κ3) is 2.82. The Morgan fingerprint density at radius 2 is 1.55 bits per heavy atom. The fourth-order valence-electron chi connectivity index (χ4n) is 2.46. The third-order valence-corrected chi connectivity index (χ3v) is 3.34. The molecule has 3 nitrogen and oxygen atoms in total. The van der Waals surface area contributed by atoms with E-state index in [-0.39, 0.29) is 5.56 Å². The summed E-state index contributed by atoms with van der Waals surface area (Å²) < 4.78 is 0. The summed E-state index contributed by atoms with van der Waals surface area (Å²) in [6.45, 7) is 8.06. The molecule has 0 spiro atoms. The molecule has 0 fully saturated rings. The van der Waals surface area contributed by atoms with E-state index < -0.39 is 5.97 Å². The van der Waals surface area contributed by atoms with Crippen molar-refractivity contribution in [3.8, 4) is 0 Å². The zero-order valence-electron chi connectivity index (χ0n) is 12.2. The average Bonchev–Trinajstić information content (AvgIpc) is 2.33. The van der Waals surface area contributed by atoms with Crippen LogP contribution in [0, 0.1) is 27.7 Å². The largest absolute Gasteiger partial charge is 0.478 e. The monoisotopic (exact) mass is 269 g/mol. The maximum absolute atomic E-state index is 11.3. The van der Waals surface area contributed by atoms with Crippen LogP contribution >= 0.6 is 0 Å². The van der Waals surface area contributed by atoms with Crippen molar-refractivity contribution in [2.45, 2.75) is 27.7 Å². The Labute approximate surface area is 119 Å². The lowest BCUT2D eigenvalue weighted by atomic mass is 10.0. The Hall–Kier alpha value is -2.29. The normalized spacial score (nSPS) is 10.4. The van der Waals surface area contributed by atoms with Gasteiger partial charge in [-0.15, -0.1) is 0 Å². The minimum atomic E-state index is -0.921. The highest BCUT2D eigenvalue weighted by molar-refractivity contribution is 5.95. The summed E-state index contributed by atoms with van der Waals surface area (Å²) in [7, 11) is 0. The summed E-state index contributed by atoms with van der Waals surface area (Å²) in [6.07, 6.45) is 0. The van der Waals surface area contributed by atoms with E-state index in [0.29, 0.717) is 5.69 Å². The van der Waals surface area contributed by atoms with Crippen molar-refractivity contribution in [3.63, 3.8) is 0 Å². The number of rotatable bonds is 3. The minimum absolute atomic E-state index is 0.287. The Balaban J connectivity index is 2.50. The predicted molar refractivity (Wildman–Crippen MR) is 82.1 cm³/mol. The van der Waals surface area contributed by atoms with Crippen molar-refractivity contribution < 1.29 is 9.90 Å². The average molecular weight is 269 g/mol. The van der Waals surface area contributed by atoms with Gasteiger partial charge in [-0.3, -0.25) is 0 Å². The molecule has 0 saturated heterocycles. The molecular weight excluding hydrogens is 250 g/mol. The molecule has 3 heteroatoms. The first-order chi connectivity index (χ1) is 9.38. The summed E-state index contributed by atoms with van der Waals surface area (Å²) in [5, 5.41) is 12.6. The second-order valence-corrected chi connectivity index (χ2v) is 5.25. The molecule has 2 rings (SSSR count). The van der Waals surface area contributed by atoms with Crippen LogP contribution in [-0.4, -0.2) is 11.1 Å². The molecule has 0 aliphatic heterocycles. The number of hydrogen-bond acceptors (Lipinski definition) is 2. The van der Waals surface area contributed by atoms with Crippen LogP contribution in [0.15, 0.2) is 30.3 Å². The number of aromatic carboxylic acids is 1. The van der Waals surface area contributed by atoms with Gasteiger partial charge in [-0.25, -0.2) is 4.79 Å². The number of anilines is 2. The quantitative estimate of drug-likeness (QED) is 0.870. The van der Waals surface area contributed by atoms with Gasteiger partial charge in [0.25, 0.3) is 0 Å². The van der Waals surface area contributed by atoms with E-state index in [2.05, 4.69) is 24.4 Å². The van der Waals surface area contributed by atoms with Gasteiger partial charge in [0.15, 0.2) is 0 Å². The molecule has 2 aromatic carbocycles. The molecule has 0 aliphatic rings. The SMILES string of the molecule is Cc1cc(C)c(Nc2cc(C)ccc2C(=O)O)c(C)c1. The van der Waals surface area contributed by atoms with Crippen LogP contribution in [0.2, 0.25) is 0 Å². The summed E-state index contributed by atoms with van der Waals surface area (Å²) in [6, 6.07) is 9.49. The molecule has 0 aliphatic carbocycles. The van der Waals surface area contributed by atoms with Gasteiger partial charge in [0.1, 0.15) is 0 Å².